The van der Waals surface area contributed by atoms with Gasteiger partial charge in [0.2, 0.25) is 0 Å². The van der Waals surface area contributed by atoms with Crippen LogP contribution in [0.15, 0.2) is 10.9 Å². The van der Waals surface area contributed by atoms with E-state index in [0.717, 1.165) is 36.1 Å². The van der Waals surface area contributed by atoms with Crippen LogP contribution in [0.25, 0.3) is 10.9 Å². The largest absolute Gasteiger partial charge is 0.489 e. The average molecular weight is 559 g/mol. The normalized spacial score (nSPS) is 21.0. The molecule has 0 spiro atoms. The lowest BCUT2D eigenvalue weighted by Gasteiger charge is -2.38. The summed E-state index contributed by atoms with van der Waals surface area (Å²) in [4.78, 5) is 18.9. The summed E-state index contributed by atoms with van der Waals surface area (Å²) in [5, 5.41) is 1.43. The van der Waals surface area contributed by atoms with E-state index in [9.17, 15) is 4.79 Å². The number of piperazine rings is 1. The number of nitrogens with zero attached hydrogens (tertiary/aromatic N) is 4. The van der Waals surface area contributed by atoms with Gasteiger partial charge in [0.25, 0.3) is 0 Å². The molecular formula is C14H13ClI2N4O2. The first kappa shape index (κ1) is 16.2. The molecule has 3 heterocycles. The SMILES string of the molecule is Cc1cc2c3c(nc(=O)n2I)N2CCN(I)CC2COc3c1Cl. The number of hydrogen-bond donors (Lipinski definition) is 0. The van der Waals surface area contributed by atoms with Gasteiger partial charge in [-0.3, -0.25) is 0 Å². The number of rotatable bonds is 0. The summed E-state index contributed by atoms with van der Waals surface area (Å²) < 4.78 is 9.85. The fourth-order valence-corrected chi connectivity index (χ4v) is 4.53. The van der Waals surface area contributed by atoms with Crippen molar-refractivity contribution in [1.82, 2.24) is 10.9 Å². The molecule has 1 fully saturated rings. The minimum absolute atomic E-state index is 0.157. The van der Waals surface area contributed by atoms with Crippen molar-refractivity contribution in [2.75, 3.05) is 31.1 Å². The second kappa shape index (κ2) is 5.88. The summed E-state index contributed by atoms with van der Waals surface area (Å²) in [6.45, 7) is 5.05. The monoisotopic (exact) mass is 558 g/mol. The van der Waals surface area contributed by atoms with Gasteiger partial charge in [-0.15, -0.1) is 0 Å². The number of halogens is 3. The molecule has 0 amide bonds. The smallest absolute Gasteiger partial charge is 0.359 e. The van der Waals surface area contributed by atoms with Crippen LogP contribution < -0.4 is 15.3 Å². The highest BCUT2D eigenvalue weighted by Gasteiger charge is 2.34. The van der Waals surface area contributed by atoms with Gasteiger partial charge >= 0.3 is 5.69 Å². The summed E-state index contributed by atoms with van der Waals surface area (Å²) in [6, 6.07) is 2.09. The van der Waals surface area contributed by atoms with Crippen molar-refractivity contribution in [3.05, 3.63) is 27.1 Å². The van der Waals surface area contributed by atoms with Crippen LogP contribution in [0.4, 0.5) is 5.82 Å². The van der Waals surface area contributed by atoms with Gasteiger partial charge in [0.1, 0.15) is 12.4 Å². The number of benzene rings is 1. The van der Waals surface area contributed by atoms with E-state index < -0.39 is 0 Å². The molecule has 1 saturated heterocycles. The number of ether oxygens (including phenoxy) is 1. The quantitative estimate of drug-likeness (QED) is 0.368. The van der Waals surface area contributed by atoms with Crippen LogP contribution in [-0.4, -0.2) is 43.2 Å². The summed E-state index contributed by atoms with van der Waals surface area (Å²) in [5.41, 5.74) is 1.43. The molecule has 0 bridgehead atoms. The van der Waals surface area contributed by atoms with Crippen LogP contribution in [0.5, 0.6) is 5.75 Å². The molecule has 0 N–H and O–H groups in total. The third-order valence-electron chi connectivity index (χ3n) is 4.31. The van der Waals surface area contributed by atoms with E-state index in [4.69, 9.17) is 16.3 Å². The second-order valence-corrected chi connectivity index (χ2v) is 8.46. The van der Waals surface area contributed by atoms with Gasteiger partial charge in [-0.2, -0.15) is 4.98 Å². The topological polar surface area (TPSA) is 50.6 Å². The molecule has 1 aromatic heterocycles. The molecule has 2 aliphatic heterocycles. The Morgan fingerprint density at radius 1 is 1.39 bits per heavy atom. The summed E-state index contributed by atoms with van der Waals surface area (Å²) in [6.07, 6.45) is 0. The van der Waals surface area contributed by atoms with Crippen LogP contribution in [0.1, 0.15) is 5.56 Å². The predicted molar refractivity (Wildman–Crippen MR) is 107 cm³/mol. The molecule has 4 rings (SSSR count). The van der Waals surface area contributed by atoms with Crippen molar-refractivity contribution in [3.8, 4) is 5.75 Å². The van der Waals surface area contributed by atoms with E-state index in [0.29, 0.717) is 23.2 Å². The van der Waals surface area contributed by atoms with E-state index >= 15 is 0 Å². The maximum absolute atomic E-state index is 12.3. The average Bonchev–Trinajstić information content (AvgIpc) is 2.67. The molecule has 0 radical (unpaired) electrons. The zero-order chi connectivity index (χ0) is 16.3. The first-order valence-electron chi connectivity index (χ1n) is 7.19. The zero-order valence-corrected chi connectivity index (χ0v) is 17.3. The molecule has 0 aliphatic carbocycles. The number of hydrogen-bond acceptors (Lipinski definition) is 5. The van der Waals surface area contributed by atoms with Crippen molar-refractivity contribution < 1.29 is 4.74 Å². The standard InChI is InChI=1S/C14H13ClI2N4O2/c1-7-4-9-10-12(11(7)15)23-6-8-5-19(16)2-3-20(8)13(10)18-14(22)21(9)17/h4,8H,2-3,5-6H2,1H3. The molecule has 23 heavy (non-hydrogen) atoms. The zero-order valence-electron chi connectivity index (χ0n) is 12.2. The number of fused-ring (bicyclic) bond motifs is 2. The Bertz CT molecular complexity index is 872. The third-order valence-corrected chi connectivity index (χ3v) is 6.59. The number of aryl methyl sites for hydroxylation is 1. The number of aromatic nitrogens is 2. The highest BCUT2D eigenvalue weighted by molar-refractivity contribution is 14.1. The molecule has 2 aliphatic rings. The van der Waals surface area contributed by atoms with Gasteiger partial charge in [0.05, 0.1) is 44.8 Å². The molecule has 122 valence electrons. The molecule has 0 saturated carbocycles. The third kappa shape index (κ3) is 2.52. The lowest BCUT2D eigenvalue weighted by atomic mass is 10.1. The van der Waals surface area contributed by atoms with E-state index in [-0.39, 0.29) is 11.7 Å². The second-order valence-electron chi connectivity index (χ2n) is 5.76. The summed E-state index contributed by atoms with van der Waals surface area (Å²) in [5.74, 6) is 1.34. The molecule has 1 unspecified atom stereocenters. The lowest BCUT2D eigenvalue weighted by Crippen LogP contribution is -2.53. The van der Waals surface area contributed by atoms with Gasteiger partial charge in [0, 0.05) is 42.5 Å². The van der Waals surface area contributed by atoms with Crippen molar-refractivity contribution in [2.24, 2.45) is 0 Å². The Hall–Kier alpha value is -0.330. The van der Waals surface area contributed by atoms with Crippen molar-refractivity contribution in [2.45, 2.75) is 13.0 Å². The van der Waals surface area contributed by atoms with Crippen LogP contribution in [-0.2, 0) is 0 Å². The van der Waals surface area contributed by atoms with Gasteiger partial charge in [-0.05, 0) is 18.6 Å². The van der Waals surface area contributed by atoms with Crippen LogP contribution >= 0.6 is 57.3 Å². The minimum Gasteiger partial charge on any atom is -0.489 e. The van der Waals surface area contributed by atoms with Crippen LogP contribution in [0.3, 0.4) is 0 Å². The highest BCUT2D eigenvalue weighted by Crippen LogP contribution is 2.43. The van der Waals surface area contributed by atoms with Crippen LogP contribution in [0, 0.1) is 6.92 Å². The Morgan fingerprint density at radius 3 is 2.96 bits per heavy atom. The molecule has 1 atom stereocenters. The number of anilines is 1. The Labute approximate surface area is 165 Å². The fraction of sp³-hybridized carbons (Fsp3) is 0.429. The maximum atomic E-state index is 12.3. The molecule has 9 heteroatoms. The van der Waals surface area contributed by atoms with Crippen molar-refractivity contribution in [3.63, 3.8) is 0 Å². The predicted octanol–water partition coefficient (Wildman–Crippen LogP) is 2.79. The van der Waals surface area contributed by atoms with E-state index in [1.807, 2.05) is 35.9 Å². The Kier molecular flexibility index (Phi) is 4.13. The van der Waals surface area contributed by atoms with Crippen molar-refractivity contribution in [1.29, 1.82) is 0 Å². The van der Waals surface area contributed by atoms with Gasteiger partial charge in [-0.25, -0.2) is 10.7 Å². The van der Waals surface area contributed by atoms with Gasteiger partial charge < -0.3 is 9.64 Å². The minimum atomic E-state index is -0.265. The van der Waals surface area contributed by atoms with Gasteiger partial charge in [0.15, 0.2) is 5.75 Å². The molecule has 2 aromatic rings. The summed E-state index contributed by atoms with van der Waals surface area (Å²) in [7, 11) is 0. The lowest BCUT2D eigenvalue weighted by molar-refractivity contribution is 0.253. The van der Waals surface area contributed by atoms with Crippen LogP contribution in [0.2, 0.25) is 5.02 Å². The maximum Gasteiger partial charge on any atom is 0.359 e. The van der Waals surface area contributed by atoms with E-state index in [2.05, 4.69) is 35.9 Å². The summed E-state index contributed by atoms with van der Waals surface area (Å²) >= 11 is 10.8. The van der Waals surface area contributed by atoms with Crippen molar-refractivity contribution >= 4 is 74.1 Å². The Morgan fingerprint density at radius 2 is 2.17 bits per heavy atom. The Balaban J connectivity index is 2.06. The first-order valence-corrected chi connectivity index (χ1v) is 9.50. The van der Waals surface area contributed by atoms with E-state index in [1.165, 1.54) is 2.78 Å². The molecular weight excluding hydrogens is 545 g/mol. The fourth-order valence-electron chi connectivity index (χ4n) is 3.17. The molecule has 6 nitrogen and oxygen atoms in total. The van der Waals surface area contributed by atoms with Gasteiger partial charge in [-0.1, -0.05) is 11.6 Å². The molecule has 1 aromatic carbocycles. The first-order chi connectivity index (χ1) is 11.0. The van der Waals surface area contributed by atoms with E-state index in [1.54, 1.807) is 0 Å². The highest BCUT2D eigenvalue weighted by atomic mass is 127.